The molecule has 0 fully saturated rings. The number of imidazole rings is 1. The Morgan fingerprint density at radius 2 is 2.46 bits per heavy atom. The third kappa shape index (κ3) is 3.26. The van der Waals surface area contributed by atoms with Gasteiger partial charge >= 0.3 is 0 Å². The first-order valence-electron chi connectivity index (χ1n) is 4.23. The lowest BCUT2D eigenvalue weighted by Gasteiger charge is -2.14. The van der Waals surface area contributed by atoms with Crippen molar-refractivity contribution in [1.29, 1.82) is 5.26 Å². The van der Waals surface area contributed by atoms with E-state index in [-0.39, 0.29) is 5.41 Å². The van der Waals surface area contributed by atoms with Crippen molar-refractivity contribution >= 4 is 0 Å². The van der Waals surface area contributed by atoms with Crippen molar-refractivity contribution in [3.05, 3.63) is 18.2 Å². The van der Waals surface area contributed by atoms with E-state index in [2.05, 4.69) is 21.4 Å². The highest BCUT2D eigenvalue weighted by molar-refractivity contribution is 4.96. The number of nitrogens with zero attached hydrogens (tertiary/aromatic N) is 2. The first-order valence-corrected chi connectivity index (χ1v) is 4.23. The minimum Gasteiger partial charge on any atom is -0.347 e. The van der Waals surface area contributed by atoms with Gasteiger partial charge in [0, 0.05) is 25.0 Å². The van der Waals surface area contributed by atoms with Crippen LogP contribution in [0.2, 0.25) is 0 Å². The van der Waals surface area contributed by atoms with Gasteiger partial charge in [0.2, 0.25) is 0 Å². The van der Waals surface area contributed by atoms with Crippen molar-refractivity contribution in [1.82, 2.24) is 15.3 Å². The van der Waals surface area contributed by atoms with Crippen LogP contribution in [-0.4, -0.2) is 16.5 Å². The number of rotatable bonds is 4. The largest absolute Gasteiger partial charge is 0.347 e. The van der Waals surface area contributed by atoms with Gasteiger partial charge in [0.05, 0.1) is 17.8 Å². The highest BCUT2D eigenvalue weighted by Crippen LogP contribution is 2.10. The maximum atomic E-state index is 8.74. The zero-order valence-corrected chi connectivity index (χ0v) is 7.96. The van der Waals surface area contributed by atoms with Crippen LogP contribution >= 0.6 is 0 Å². The minimum atomic E-state index is -0.306. The smallest absolute Gasteiger partial charge is 0.0922 e. The fourth-order valence-electron chi connectivity index (χ4n) is 0.931. The number of aromatic amines is 1. The predicted molar refractivity (Wildman–Crippen MR) is 49.7 cm³/mol. The summed E-state index contributed by atoms with van der Waals surface area (Å²) in [6.07, 6.45) is 3.42. The van der Waals surface area contributed by atoms with Crippen molar-refractivity contribution in [2.24, 2.45) is 5.41 Å². The summed E-state index contributed by atoms with van der Waals surface area (Å²) in [5.74, 6) is 0. The minimum absolute atomic E-state index is 0.306. The fourth-order valence-corrected chi connectivity index (χ4v) is 0.931. The number of H-pyrrole nitrogens is 1. The molecule has 0 bridgehead atoms. The molecule has 0 saturated heterocycles. The molecule has 0 saturated carbocycles. The van der Waals surface area contributed by atoms with Crippen molar-refractivity contribution in [2.45, 2.75) is 20.4 Å². The Bertz CT molecular complexity index is 281. The highest BCUT2D eigenvalue weighted by atomic mass is 14.9. The molecule has 1 aromatic heterocycles. The molecule has 4 heteroatoms. The van der Waals surface area contributed by atoms with Gasteiger partial charge in [-0.3, -0.25) is 0 Å². The van der Waals surface area contributed by atoms with Crippen LogP contribution in [0, 0.1) is 16.7 Å². The van der Waals surface area contributed by atoms with Crippen molar-refractivity contribution in [3.63, 3.8) is 0 Å². The van der Waals surface area contributed by atoms with Crippen LogP contribution in [0.4, 0.5) is 0 Å². The Morgan fingerprint density at radius 1 is 1.69 bits per heavy atom. The zero-order chi connectivity index (χ0) is 9.73. The number of nitriles is 1. The average Bonchev–Trinajstić information content (AvgIpc) is 2.57. The van der Waals surface area contributed by atoms with Crippen LogP contribution < -0.4 is 5.32 Å². The number of nitrogens with one attached hydrogen (secondary N) is 2. The van der Waals surface area contributed by atoms with E-state index in [9.17, 15) is 0 Å². The third-order valence-electron chi connectivity index (χ3n) is 1.74. The SMILES string of the molecule is CC(C)(C#N)CNCc1cnc[nH]1. The second-order valence-electron chi connectivity index (χ2n) is 3.68. The number of hydrogen-bond acceptors (Lipinski definition) is 3. The molecule has 0 aliphatic heterocycles. The van der Waals surface area contributed by atoms with Crippen LogP contribution in [0.15, 0.2) is 12.5 Å². The van der Waals surface area contributed by atoms with Crippen molar-refractivity contribution < 1.29 is 0 Å². The Hall–Kier alpha value is -1.34. The Labute approximate surface area is 78.0 Å². The average molecular weight is 178 g/mol. The molecule has 70 valence electrons. The molecule has 2 N–H and O–H groups in total. The monoisotopic (exact) mass is 178 g/mol. The summed E-state index contributed by atoms with van der Waals surface area (Å²) in [6, 6.07) is 2.23. The van der Waals surface area contributed by atoms with Crippen LogP contribution in [-0.2, 0) is 6.54 Å². The van der Waals surface area contributed by atoms with Gasteiger partial charge in [-0.15, -0.1) is 0 Å². The van der Waals surface area contributed by atoms with E-state index in [1.54, 1.807) is 12.5 Å². The highest BCUT2D eigenvalue weighted by Gasteiger charge is 2.15. The van der Waals surface area contributed by atoms with Crippen LogP contribution in [0.5, 0.6) is 0 Å². The van der Waals surface area contributed by atoms with Gasteiger partial charge in [-0.05, 0) is 13.8 Å². The lowest BCUT2D eigenvalue weighted by molar-refractivity contribution is 0.443. The fraction of sp³-hybridized carbons (Fsp3) is 0.556. The second-order valence-corrected chi connectivity index (χ2v) is 3.68. The summed E-state index contributed by atoms with van der Waals surface area (Å²) in [5, 5.41) is 11.9. The van der Waals surface area contributed by atoms with Crippen LogP contribution in [0.25, 0.3) is 0 Å². The third-order valence-corrected chi connectivity index (χ3v) is 1.74. The summed E-state index contributed by atoms with van der Waals surface area (Å²) in [5.41, 5.74) is 0.730. The van der Waals surface area contributed by atoms with E-state index in [0.717, 1.165) is 12.2 Å². The van der Waals surface area contributed by atoms with Gasteiger partial charge in [0.1, 0.15) is 0 Å². The summed E-state index contributed by atoms with van der Waals surface area (Å²) in [7, 11) is 0. The maximum Gasteiger partial charge on any atom is 0.0922 e. The van der Waals surface area contributed by atoms with Gasteiger partial charge in [-0.2, -0.15) is 5.26 Å². The molecule has 0 atom stereocenters. The molecule has 0 radical (unpaired) electrons. The molecular weight excluding hydrogens is 164 g/mol. The van der Waals surface area contributed by atoms with Gasteiger partial charge < -0.3 is 10.3 Å². The van der Waals surface area contributed by atoms with Crippen LogP contribution in [0.1, 0.15) is 19.5 Å². The molecule has 0 aliphatic carbocycles. The Balaban J connectivity index is 2.26. The topological polar surface area (TPSA) is 64.5 Å². The first-order chi connectivity index (χ1) is 6.14. The molecule has 0 amide bonds. The molecule has 13 heavy (non-hydrogen) atoms. The molecule has 0 unspecified atom stereocenters. The van der Waals surface area contributed by atoms with Gasteiger partial charge in [-0.25, -0.2) is 4.98 Å². The number of hydrogen-bond donors (Lipinski definition) is 2. The standard InChI is InChI=1S/C9H14N4/c1-9(2,5-10)6-11-3-8-4-12-7-13-8/h4,7,11H,3,6H2,1-2H3,(H,12,13). The molecule has 1 heterocycles. The predicted octanol–water partition coefficient (Wildman–Crippen LogP) is 1.05. The molecule has 1 aromatic rings. The van der Waals surface area contributed by atoms with E-state index in [4.69, 9.17) is 5.26 Å². The molecule has 4 nitrogen and oxygen atoms in total. The summed E-state index contributed by atoms with van der Waals surface area (Å²) < 4.78 is 0. The Kier molecular flexibility index (Phi) is 3.04. The van der Waals surface area contributed by atoms with E-state index >= 15 is 0 Å². The normalized spacial score (nSPS) is 11.2. The first kappa shape index (κ1) is 9.75. The van der Waals surface area contributed by atoms with Gasteiger partial charge in [0.15, 0.2) is 0 Å². The van der Waals surface area contributed by atoms with E-state index in [1.807, 2.05) is 13.8 Å². The quantitative estimate of drug-likeness (QED) is 0.724. The van der Waals surface area contributed by atoms with Crippen molar-refractivity contribution in [2.75, 3.05) is 6.54 Å². The van der Waals surface area contributed by atoms with Gasteiger partial charge in [-0.1, -0.05) is 0 Å². The van der Waals surface area contributed by atoms with E-state index in [0.29, 0.717) is 6.54 Å². The lowest BCUT2D eigenvalue weighted by atomic mass is 9.96. The summed E-state index contributed by atoms with van der Waals surface area (Å²) >= 11 is 0. The molecule has 0 aromatic carbocycles. The van der Waals surface area contributed by atoms with E-state index < -0.39 is 0 Å². The molecule has 0 aliphatic rings. The van der Waals surface area contributed by atoms with Crippen molar-refractivity contribution in [3.8, 4) is 6.07 Å². The lowest BCUT2D eigenvalue weighted by Crippen LogP contribution is -2.27. The maximum absolute atomic E-state index is 8.74. The zero-order valence-electron chi connectivity index (χ0n) is 7.96. The molecular formula is C9H14N4. The van der Waals surface area contributed by atoms with Gasteiger partial charge in [0.25, 0.3) is 0 Å². The molecule has 0 spiro atoms. The Morgan fingerprint density at radius 3 is 3.00 bits per heavy atom. The summed E-state index contributed by atoms with van der Waals surface area (Å²) in [4.78, 5) is 6.88. The van der Waals surface area contributed by atoms with E-state index in [1.165, 1.54) is 0 Å². The second kappa shape index (κ2) is 4.06. The van der Waals surface area contributed by atoms with Crippen LogP contribution in [0.3, 0.4) is 0 Å². The summed E-state index contributed by atoms with van der Waals surface area (Å²) in [6.45, 7) is 5.23. The number of aromatic nitrogens is 2. The molecule has 1 rings (SSSR count).